The number of ether oxygens (including phenoxy) is 2. The number of aliphatic carboxylic acids is 2. The molecule has 0 spiro atoms. The Bertz CT molecular complexity index is 3510. The van der Waals surface area contributed by atoms with E-state index in [0.717, 1.165) is 11.1 Å². The second-order valence-electron chi connectivity index (χ2n) is 22.2. The molecule has 94 heavy (non-hydrogen) atoms. The number of nitrogens with zero attached hydrogens (tertiary/aromatic N) is 2. The lowest BCUT2D eigenvalue weighted by atomic mass is 9.95. The van der Waals surface area contributed by atoms with Crippen LogP contribution >= 0.6 is 31.9 Å². The maximum Gasteiger partial charge on any atom is 0.490 e. The first-order chi connectivity index (χ1) is 44.0. The number of sulfonamides is 2. The lowest BCUT2D eigenvalue weighted by Gasteiger charge is -2.41. The molecular weight excluding hydrogens is 1430 g/mol. The summed E-state index contributed by atoms with van der Waals surface area (Å²) in [7, 11) is -9.04. The van der Waals surface area contributed by atoms with E-state index in [-0.39, 0.29) is 59.3 Å². The molecule has 32 heteroatoms. The van der Waals surface area contributed by atoms with E-state index in [1.165, 1.54) is 107 Å². The largest absolute Gasteiger partial charge is 0.490 e. The third kappa shape index (κ3) is 19.5. The Morgan fingerprint density at radius 2 is 0.734 bits per heavy atom. The van der Waals surface area contributed by atoms with Crippen LogP contribution in [0.3, 0.4) is 0 Å². The zero-order valence-corrected chi connectivity index (χ0v) is 53.9. The third-order valence-electron chi connectivity index (χ3n) is 15.5. The maximum atomic E-state index is 16.0. The number of piperidine rings is 2. The van der Waals surface area contributed by atoms with Gasteiger partial charge in [0.05, 0.1) is 9.79 Å². The highest BCUT2D eigenvalue weighted by Crippen LogP contribution is 2.42. The van der Waals surface area contributed by atoms with Crippen molar-refractivity contribution in [3.8, 4) is 11.5 Å². The molecule has 0 aliphatic carbocycles. The molecule has 8 N–H and O–H groups in total. The molecule has 4 saturated heterocycles. The number of hydrogen-bond donors (Lipinski definition) is 6. The number of amides is 2. The van der Waals surface area contributed by atoms with Gasteiger partial charge in [-0.25, -0.2) is 26.4 Å². The van der Waals surface area contributed by atoms with Gasteiger partial charge in [0.1, 0.15) is 24.7 Å². The third-order valence-corrected chi connectivity index (χ3v) is 19.5. The minimum Gasteiger partial charge on any atom is -0.489 e. The van der Waals surface area contributed by atoms with E-state index in [1.54, 1.807) is 0 Å². The highest BCUT2D eigenvalue weighted by molar-refractivity contribution is 9.10. The van der Waals surface area contributed by atoms with Crippen LogP contribution < -0.4 is 30.4 Å². The van der Waals surface area contributed by atoms with Crippen molar-refractivity contribution in [2.45, 2.75) is 147 Å². The number of benzene rings is 6. The van der Waals surface area contributed by atoms with E-state index >= 15 is 17.6 Å². The summed E-state index contributed by atoms with van der Waals surface area (Å²) in [5.74, 6) is -14.2. The molecule has 0 saturated carbocycles. The van der Waals surface area contributed by atoms with Gasteiger partial charge in [0.2, 0.25) is 31.9 Å². The summed E-state index contributed by atoms with van der Waals surface area (Å²) >= 11 is 6.45. The number of carbonyl (C=O) groups excluding carboxylic acids is 2. The van der Waals surface area contributed by atoms with E-state index in [2.05, 4.69) is 41.3 Å². The van der Waals surface area contributed by atoms with Crippen molar-refractivity contribution in [1.29, 1.82) is 0 Å². The normalized spacial score (nSPS) is 20.1. The van der Waals surface area contributed by atoms with Crippen LogP contribution in [0.5, 0.6) is 11.5 Å². The van der Waals surface area contributed by atoms with Crippen LogP contribution in [0, 0.1) is 0 Å². The minimum atomic E-state index is -5.08. The van der Waals surface area contributed by atoms with Crippen molar-refractivity contribution in [3.05, 3.63) is 189 Å². The number of hydrogen-bond acceptors (Lipinski definition) is 12. The molecule has 508 valence electrons. The number of carboxylic acid groups (broad SMARTS) is 2. The van der Waals surface area contributed by atoms with Gasteiger partial charge in [-0.1, -0.05) is 117 Å². The van der Waals surface area contributed by atoms with E-state index < -0.39 is 91.2 Å². The molecule has 4 fully saturated rings. The van der Waals surface area contributed by atoms with Crippen molar-refractivity contribution in [1.82, 2.24) is 19.2 Å². The molecule has 0 radical (unpaired) electrons. The number of carbonyl (C=O) groups is 4. The number of fused-ring (bicyclic) bond motifs is 4. The molecule has 4 aliphatic heterocycles. The van der Waals surface area contributed by atoms with Crippen LogP contribution in [-0.4, -0.2) is 121 Å². The van der Waals surface area contributed by atoms with Crippen LogP contribution in [0.15, 0.2) is 176 Å². The Kier molecular flexibility index (Phi) is 24.6. The second-order valence-corrected chi connectivity index (χ2v) is 27.4. The van der Waals surface area contributed by atoms with E-state index in [0.29, 0.717) is 71.8 Å². The summed E-state index contributed by atoms with van der Waals surface area (Å²) in [6, 6.07) is 34.1. The highest BCUT2D eigenvalue weighted by atomic mass is 79.9. The number of rotatable bonds is 18. The number of nitrogens with one attached hydrogen (secondary N) is 2. The van der Waals surface area contributed by atoms with Gasteiger partial charge in [0, 0.05) is 56.3 Å². The molecule has 6 atom stereocenters. The first-order valence-corrected chi connectivity index (χ1v) is 33.1. The zero-order valence-electron chi connectivity index (χ0n) is 49.1. The van der Waals surface area contributed by atoms with Gasteiger partial charge >= 0.3 is 24.3 Å². The Labute approximate surface area is 550 Å². The van der Waals surface area contributed by atoms with Gasteiger partial charge in [0.25, 0.3) is 11.8 Å². The van der Waals surface area contributed by atoms with Crippen LogP contribution in [0.2, 0.25) is 0 Å². The van der Waals surface area contributed by atoms with Crippen LogP contribution in [0.1, 0.15) is 73.6 Å². The average Bonchev–Trinajstić information content (AvgIpc) is 1.33. The minimum absolute atomic E-state index is 0.119. The first-order valence-electron chi connectivity index (χ1n) is 28.6. The highest BCUT2D eigenvalue weighted by Gasteiger charge is 2.55. The Morgan fingerprint density at radius 3 is 0.989 bits per heavy atom. The molecule has 4 heterocycles. The van der Waals surface area contributed by atoms with Crippen molar-refractivity contribution in [2.75, 3.05) is 0 Å². The van der Waals surface area contributed by atoms with Gasteiger partial charge in [-0.3, -0.25) is 9.59 Å². The lowest BCUT2D eigenvalue weighted by Crippen LogP contribution is -2.60. The Balaban J connectivity index is 0.000000221. The standard InChI is InChI=1S/2C29H30BrF2N3O4S.2C2HF3O2/c2*30-21-8-6-20(7-9-21)29(31,32)27(28(36)35-23-10-11-24(35)17-22(33)16-23)34-40(37,38)26-14-12-25(13-15-26)39-18-19-4-2-1-3-5-19;2*3-2(4,5)1(6)7/h2*1-9,12-15,22-24,27,34H,10-11,16-18,33H2;2*(H,6,7)/t2*22?,23?,24?,27-;;/m10../s1. The molecule has 2 amide bonds. The molecule has 4 bridgehead atoms. The summed E-state index contributed by atoms with van der Waals surface area (Å²) in [5, 5.41) is 14.2. The Hall–Kier alpha value is -7.20. The molecule has 18 nitrogen and oxygen atoms in total. The number of halogens is 12. The molecule has 4 aliphatic rings. The molecular formula is C62H62Br2F10N6O12S2. The average molecular weight is 1500 g/mol. The first kappa shape index (κ1) is 74.2. The second kappa shape index (κ2) is 31.1. The fourth-order valence-corrected chi connectivity index (χ4v) is 14.0. The van der Waals surface area contributed by atoms with E-state index in [9.17, 15) is 52.8 Å². The predicted molar refractivity (Wildman–Crippen MR) is 328 cm³/mol. The summed E-state index contributed by atoms with van der Waals surface area (Å²) < 4.78 is 198. The molecule has 6 aromatic carbocycles. The SMILES string of the molecule is NC1CC2CCC(C1)N2C(=O)[C@@H](NS(=O)(=O)c1ccc(OCc2ccccc2)cc1)C(F)(F)c1ccc(Br)cc1.NC1CC2CCC(C1)N2C(=O)[C@H](NS(=O)(=O)c1ccc(OCc2ccccc2)cc1)C(F)(F)c1ccc(Br)cc1.O=C(O)C(F)(F)F.O=C(O)C(F)(F)F. The number of nitrogens with two attached hydrogens (primary N) is 2. The van der Waals surface area contributed by atoms with Gasteiger partial charge in [-0.15, -0.1) is 0 Å². The van der Waals surface area contributed by atoms with Gasteiger partial charge < -0.3 is 41.0 Å². The summed E-state index contributed by atoms with van der Waals surface area (Å²) in [5.41, 5.74) is 13.2. The van der Waals surface area contributed by atoms with Crippen molar-refractivity contribution in [3.63, 3.8) is 0 Å². The van der Waals surface area contributed by atoms with Crippen molar-refractivity contribution < 1.29 is 99.6 Å². The lowest BCUT2D eigenvalue weighted by molar-refractivity contribution is -0.193. The van der Waals surface area contributed by atoms with Crippen molar-refractivity contribution >= 4 is 75.7 Å². The van der Waals surface area contributed by atoms with E-state index in [4.69, 9.17) is 40.7 Å². The topological polar surface area (TPSA) is 278 Å². The smallest absolute Gasteiger partial charge is 0.489 e. The number of carboxylic acids is 2. The number of alkyl halides is 10. The molecule has 6 aromatic rings. The summed E-state index contributed by atoms with van der Waals surface area (Å²) in [6.07, 6.45) is -5.58. The molecule has 4 unspecified atom stereocenters. The molecule has 10 rings (SSSR count). The summed E-state index contributed by atoms with van der Waals surface area (Å²) in [6.45, 7) is 0.562. The fraction of sp³-hybridized carbons (Fsp3) is 0.355. The Morgan fingerprint density at radius 1 is 0.468 bits per heavy atom. The predicted octanol–water partition coefficient (Wildman–Crippen LogP) is 11.2. The monoisotopic (exact) mass is 1490 g/mol. The quantitative estimate of drug-likeness (QED) is 0.0437. The van der Waals surface area contributed by atoms with Gasteiger partial charge in [0.15, 0.2) is 12.1 Å². The van der Waals surface area contributed by atoms with Crippen LogP contribution in [-0.2, 0) is 64.3 Å². The van der Waals surface area contributed by atoms with Gasteiger partial charge in [-0.2, -0.15) is 53.3 Å². The van der Waals surface area contributed by atoms with E-state index in [1.807, 2.05) is 60.7 Å². The zero-order chi connectivity index (χ0) is 69.1. The fourth-order valence-electron chi connectivity index (χ4n) is 11.1. The van der Waals surface area contributed by atoms with Gasteiger partial charge in [-0.05, 0) is 135 Å². The molecule has 0 aromatic heterocycles. The van der Waals surface area contributed by atoms with Crippen LogP contribution in [0.4, 0.5) is 43.9 Å². The maximum absolute atomic E-state index is 16.0. The van der Waals surface area contributed by atoms with Crippen molar-refractivity contribution in [2.24, 2.45) is 11.5 Å². The van der Waals surface area contributed by atoms with Crippen LogP contribution in [0.25, 0.3) is 0 Å². The summed E-state index contributed by atoms with van der Waals surface area (Å²) in [4.78, 5) is 47.7.